The maximum Gasteiger partial charge on any atom is 0.141 e. The van der Waals surface area contributed by atoms with E-state index < -0.39 is 0 Å². The summed E-state index contributed by atoms with van der Waals surface area (Å²) in [7, 11) is 0. The van der Waals surface area contributed by atoms with Gasteiger partial charge in [0.2, 0.25) is 0 Å². The highest BCUT2D eigenvalue weighted by atomic mass is 16.5. The van der Waals surface area contributed by atoms with E-state index in [9.17, 15) is 4.79 Å². The first-order valence-electron chi connectivity index (χ1n) is 7.69. The number of carbonyl (C=O) groups is 1. The molecule has 3 atom stereocenters. The molecular formula is C15H25NO2. The van der Waals surface area contributed by atoms with Crippen LogP contribution < -0.4 is 0 Å². The van der Waals surface area contributed by atoms with Crippen LogP contribution in [0, 0.1) is 11.8 Å². The molecule has 3 rings (SSSR count). The molecule has 2 heterocycles. The molecule has 0 spiro atoms. The Bertz CT molecular complexity index is 303. The van der Waals surface area contributed by atoms with E-state index >= 15 is 0 Å². The summed E-state index contributed by atoms with van der Waals surface area (Å²) in [4.78, 5) is 14.5. The minimum atomic E-state index is 0.152. The average Bonchev–Trinajstić information content (AvgIpc) is 2.42. The number of ether oxygens (including phenoxy) is 1. The van der Waals surface area contributed by atoms with Gasteiger partial charge in [-0.15, -0.1) is 0 Å². The first-order chi connectivity index (χ1) is 8.84. The maximum absolute atomic E-state index is 11.9. The number of ketones is 1. The fourth-order valence-electron chi connectivity index (χ4n) is 4.09. The smallest absolute Gasteiger partial charge is 0.141 e. The predicted octanol–water partition coefficient (Wildman–Crippen LogP) is 2.25. The van der Waals surface area contributed by atoms with Crippen LogP contribution in [-0.4, -0.2) is 43.0 Å². The largest absolute Gasteiger partial charge is 0.380 e. The molecule has 3 fully saturated rings. The highest BCUT2D eigenvalue weighted by molar-refractivity contribution is 5.82. The zero-order valence-electron chi connectivity index (χ0n) is 11.3. The molecule has 3 aliphatic rings. The van der Waals surface area contributed by atoms with Gasteiger partial charge in [0.25, 0.3) is 0 Å². The number of Topliss-reactive ketones (excluding diaryl/α,β-unsaturated/α-hetero) is 1. The number of hydrogen-bond acceptors (Lipinski definition) is 3. The predicted molar refractivity (Wildman–Crippen MR) is 70.5 cm³/mol. The highest BCUT2D eigenvalue weighted by Gasteiger charge is 2.35. The molecule has 3 heteroatoms. The van der Waals surface area contributed by atoms with Crippen molar-refractivity contribution in [1.82, 2.24) is 4.90 Å². The SMILES string of the molecule is O=C1CCOCC1CN1CCCC2CCCCC21. The molecule has 0 aromatic rings. The molecule has 0 radical (unpaired) electrons. The van der Waals surface area contributed by atoms with Crippen molar-refractivity contribution >= 4 is 5.78 Å². The topological polar surface area (TPSA) is 29.5 Å². The molecule has 3 unspecified atom stereocenters. The van der Waals surface area contributed by atoms with Crippen molar-refractivity contribution < 1.29 is 9.53 Å². The van der Waals surface area contributed by atoms with Gasteiger partial charge in [0.05, 0.1) is 19.1 Å². The highest BCUT2D eigenvalue weighted by Crippen LogP contribution is 2.35. The van der Waals surface area contributed by atoms with Gasteiger partial charge in [-0.3, -0.25) is 9.69 Å². The van der Waals surface area contributed by atoms with E-state index in [2.05, 4.69) is 4.90 Å². The second-order valence-electron chi connectivity index (χ2n) is 6.24. The zero-order chi connectivity index (χ0) is 12.4. The molecule has 0 bridgehead atoms. The Kier molecular flexibility index (Phi) is 4.00. The van der Waals surface area contributed by atoms with Crippen LogP contribution in [0.1, 0.15) is 44.9 Å². The molecule has 1 aliphatic carbocycles. The van der Waals surface area contributed by atoms with Crippen molar-refractivity contribution in [1.29, 1.82) is 0 Å². The Balaban J connectivity index is 1.61. The number of likely N-dealkylation sites (tertiary alicyclic amines) is 1. The normalized spacial score (nSPS) is 38.4. The Hall–Kier alpha value is -0.410. The van der Waals surface area contributed by atoms with Gasteiger partial charge < -0.3 is 4.74 Å². The fraction of sp³-hybridized carbons (Fsp3) is 0.933. The van der Waals surface area contributed by atoms with Gasteiger partial charge in [0.1, 0.15) is 5.78 Å². The van der Waals surface area contributed by atoms with Crippen molar-refractivity contribution in [3.05, 3.63) is 0 Å². The molecule has 18 heavy (non-hydrogen) atoms. The quantitative estimate of drug-likeness (QED) is 0.754. The molecule has 0 N–H and O–H groups in total. The Morgan fingerprint density at radius 3 is 2.89 bits per heavy atom. The molecule has 1 saturated carbocycles. The lowest BCUT2D eigenvalue weighted by atomic mass is 9.78. The second-order valence-corrected chi connectivity index (χ2v) is 6.24. The number of fused-ring (bicyclic) bond motifs is 1. The molecule has 2 aliphatic heterocycles. The lowest BCUT2D eigenvalue weighted by Crippen LogP contribution is -2.50. The lowest BCUT2D eigenvalue weighted by Gasteiger charge is -2.45. The van der Waals surface area contributed by atoms with Crippen LogP contribution in [-0.2, 0) is 9.53 Å². The molecule has 3 nitrogen and oxygen atoms in total. The van der Waals surface area contributed by atoms with Gasteiger partial charge in [0, 0.05) is 19.0 Å². The van der Waals surface area contributed by atoms with E-state index in [0.29, 0.717) is 25.4 Å². The van der Waals surface area contributed by atoms with Crippen LogP contribution in [0.25, 0.3) is 0 Å². The number of rotatable bonds is 2. The van der Waals surface area contributed by atoms with E-state index in [4.69, 9.17) is 4.74 Å². The molecule has 0 aromatic heterocycles. The Labute approximate surface area is 110 Å². The summed E-state index contributed by atoms with van der Waals surface area (Å²) in [5, 5.41) is 0. The van der Waals surface area contributed by atoms with Crippen LogP contribution in [0.3, 0.4) is 0 Å². The minimum absolute atomic E-state index is 0.152. The molecule has 2 saturated heterocycles. The monoisotopic (exact) mass is 251 g/mol. The van der Waals surface area contributed by atoms with Crippen molar-refractivity contribution in [2.24, 2.45) is 11.8 Å². The first-order valence-corrected chi connectivity index (χ1v) is 7.69. The number of piperidine rings is 1. The summed E-state index contributed by atoms with van der Waals surface area (Å²) in [6.07, 6.45) is 8.93. The Morgan fingerprint density at radius 1 is 1.17 bits per heavy atom. The van der Waals surface area contributed by atoms with Crippen molar-refractivity contribution in [2.45, 2.75) is 51.0 Å². The van der Waals surface area contributed by atoms with E-state index in [-0.39, 0.29) is 5.92 Å². The standard InChI is InChI=1S/C15H25NO2/c17-15-7-9-18-11-13(15)10-16-8-3-5-12-4-1-2-6-14(12)16/h12-14H,1-11H2. The van der Waals surface area contributed by atoms with Crippen LogP contribution in [0.4, 0.5) is 0 Å². The summed E-state index contributed by atoms with van der Waals surface area (Å²) in [6, 6.07) is 0.766. The third kappa shape index (κ3) is 2.62. The van der Waals surface area contributed by atoms with Crippen molar-refractivity contribution in [2.75, 3.05) is 26.3 Å². The van der Waals surface area contributed by atoms with Gasteiger partial charge >= 0.3 is 0 Å². The van der Waals surface area contributed by atoms with E-state index in [0.717, 1.165) is 18.5 Å². The summed E-state index contributed by atoms with van der Waals surface area (Å²) >= 11 is 0. The van der Waals surface area contributed by atoms with Crippen LogP contribution in [0.2, 0.25) is 0 Å². The second kappa shape index (κ2) is 5.70. The van der Waals surface area contributed by atoms with Crippen LogP contribution in [0.5, 0.6) is 0 Å². The van der Waals surface area contributed by atoms with E-state index in [1.54, 1.807) is 0 Å². The maximum atomic E-state index is 11.9. The van der Waals surface area contributed by atoms with Gasteiger partial charge in [-0.05, 0) is 38.1 Å². The van der Waals surface area contributed by atoms with Crippen molar-refractivity contribution in [3.63, 3.8) is 0 Å². The average molecular weight is 251 g/mol. The number of hydrogen-bond donors (Lipinski definition) is 0. The number of nitrogens with zero attached hydrogens (tertiary/aromatic N) is 1. The fourth-order valence-corrected chi connectivity index (χ4v) is 4.09. The molecule has 102 valence electrons. The Morgan fingerprint density at radius 2 is 2.00 bits per heavy atom. The van der Waals surface area contributed by atoms with Gasteiger partial charge in [-0.1, -0.05) is 12.8 Å². The van der Waals surface area contributed by atoms with Gasteiger partial charge in [0.15, 0.2) is 0 Å². The first kappa shape index (κ1) is 12.6. The van der Waals surface area contributed by atoms with Crippen molar-refractivity contribution in [3.8, 4) is 0 Å². The third-order valence-electron chi connectivity index (χ3n) is 5.08. The summed E-state index contributed by atoms with van der Waals surface area (Å²) < 4.78 is 5.48. The third-order valence-corrected chi connectivity index (χ3v) is 5.08. The zero-order valence-corrected chi connectivity index (χ0v) is 11.3. The van der Waals surface area contributed by atoms with Crippen LogP contribution in [0.15, 0.2) is 0 Å². The van der Waals surface area contributed by atoms with E-state index in [1.165, 1.54) is 45.1 Å². The van der Waals surface area contributed by atoms with Crippen LogP contribution >= 0.6 is 0 Å². The minimum Gasteiger partial charge on any atom is -0.380 e. The number of carbonyl (C=O) groups excluding carboxylic acids is 1. The summed E-state index contributed by atoms with van der Waals surface area (Å²) in [6.45, 7) is 3.46. The molecule has 0 amide bonds. The lowest BCUT2D eigenvalue weighted by molar-refractivity contribution is -0.132. The van der Waals surface area contributed by atoms with E-state index in [1.807, 2.05) is 0 Å². The molecular weight excluding hydrogens is 226 g/mol. The van der Waals surface area contributed by atoms with Gasteiger partial charge in [-0.25, -0.2) is 0 Å². The summed E-state index contributed by atoms with van der Waals surface area (Å²) in [5.41, 5.74) is 0. The molecule has 0 aromatic carbocycles. The summed E-state index contributed by atoms with van der Waals surface area (Å²) in [5.74, 6) is 1.49. The van der Waals surface area contributed by atoms with Gasteiger partial charge in [-0.2, -0.15) is 0 Å².